The van der Waals surface area contributed by atoms with E-state index < -0.39 is 0 Å². The highest BCUT2D eigenvalue weighted by Crippen LogP contribution is 2.25. The molecule has 4 heteroatoms. The van der Waals surface area contributed by atoms with Crippen molar-refractivity contribution in [3.05, 3.63) is 59.6 Å². The second kappa shape index (κ2) is 5.59. The number of hydrogen-bond donors (Lipinski definition) is 0. The molecule has 20 heavy (non-hydrogen) atoms. The van der Waals surface area contributed by atoms with Crippen LogP contribution in [0, 0.1) is 12.7 Å². The van der Waals surface area contributed by atoms with E-state index >= 15 is 0 Å². The van der Waals surface area contributed by atoms with Gasteiger partial charge < -0.3 is 4.42 Å². The van der Waals surface area contributed by atoms with Crippen LogP contribution in [0.2, 0.25) is 0 Å². The second-order valence-corrected chi connectivity index (χ2v) is 5.06. The minimum absolute atomic E-state index is 0.143. The van der Waals surface area contributed by atoms with Crippen molar-refractivity contribution in [2.24, 2.45) is 0 Å². The summed E-state index contributed by atoms with van der Waals surface area (Å²) in [6, 6.07) is 6.95. The van der Waals surface area contributed by atoms with Crippen LogP contribution in [0.5, 0.6) is 0 Å². The average molecular weight is 272 g/mol. The summed E-state index contributed by atoms with van der Waals surface area (Å²) < 4.78 is 19.2. The molecule has 2 heterocycles. The van der Waals surface area contributed by atoms with Crippen molar-refractivity contribution in [1.82, 2.24) is 9.88 Å². The molecule has 0 radical (unpaired) electrons. The standard InChI is InChI=1S/C16H17FN2O/c1-12-10-18-16(20-12)11-19-8-6-13(7-9-19)14-4-2-3-5-15(14)17/h2-6,10H,7-9,11H2,1H3. The number of halogens is 1. The van der Waals surface area contributed by atoms with Gasteiger partial charge in [0.25, 0.3) is 0 Å². The molecule has 0 spiro atoms. The highest BCUT2D eigenvalue weighted by atomic mass is 19.1. The fourth-order valence-corrected chi connectivity index (χ4v) is 2.49. The predicted octanol–water partition coefficient (Wildman–Crippen LogP) is 3.41. The molecule has 2 aromatic rings. The Labute approximate surface area is 117 Å². The van der Waals surface area contributed by atoms with Crippen molar-refractivity contribution in [3.63, 3.8) is 0 Å². The molecule has 1 aromatic heterocycles. The van der Waals surface area contributed by atoms with Crippen LogP contribution >= 0.6 is 0 Å². The molecule has 1 aliphatic heterocycles. The van der Waals surface area contributed by atoms with Crippen LogP contribution in [-0.4, -0.2) is 23.0 Å². The largest absolute Gasteiger partial charge is 0.445 e. The topological polar surface area (TPSA) is 29.3 Å². The van der Waals surface area contributed by atoms with E-state index in [1.807, 2.05) is 19.1 Å². The fourth-order valence-electron chi connectivity index (χ4n) is 2.49. The van der Waals surface area contributed by atoms with E-state index in [0.29, 0.717) is 6.54 Å². The van der Waals surface area contributed by atoms with Crippen LogP contribution in [0.4, 0.5) is 4.39 Å². The van der Waals surface area contributed by atoms with Gasteiger partial charge in [0.1, 0.15) is 11.6 Å². The van der Waals surface area contributed by atoms with Gasteiger partial charge >= 0.3 is 0 Å². The first-order valence-electron chi connectivity index (χ1n) is 6.80. The van der Waals surface area contributed by atoms with Gasteiger partial charge in [-0.1, -0.05) is 24.3 Å². The summed E-state index contributed by atoms with van der Waals surface area (Å²) in [4.78, 5) is 6.46. The predicted molar refractivity (Wildman–Crippen MR) is 75.5 cm³/mol. The summed E-state index contributed by atoms with van der Waals surface area (Å²) in [5.74, 6) is 1.43. The van der Waals surface area contributed by atoms with E-state index in [1.165, 1.54) is 6.07 Å². The van der Waals surface area contributed by atoms with E-state index in [-0.39, 0.29) is 5.82 Å². The van der Waals surface area contributed by atoms with Crippen LogP contribution in [0.15, 0.2) is 41.0 Å². The Kier molecular flexibility index (Phi) is 3.65. The molecule has 0 N–H and O–H groups in total. The molecule has 1 aliphatic rings. The third-order valence-electron chi connectivity index (χ3n) is 3.54. The molecule has 0 saturated carbocycles. The molecule has 0 atom stereocenters. The lowest BCUT2D eigenvalue weighted by molar-refractivity contribution is 0.259. The van der Waals surface area contributed by atoms with Crippen molar-refractivity contribution in [1.29, 1.82) is 0 Å². The Balaban J connectivity index is 1.67. The molecule has 0 fully saturated rings. The minimum atomic E-state index is -0.143. The lowest BCUT2D eigenvalue weighted by atomic mass is 9.99. The third kappa shape index (κ3) is 2.80. The van der Waals surface area contributed by atoms with E-state index in [9.17, 15) is 4.39 Å². The zero-order valence-electron chi connectivity index (χ0n) is 11.5. The molecule has 1 aromatic carbocycles. The van der Waals surface area contributed by atoms with E-state index in [4.69, 9.17) is 4.42 Å². The molecule has 104 valence electrons. The zero-order chi connectivity index (χ0) is 13.9. The van der Waals surface area contributed by atoms with Crippen molar-refractivity contribution in [2.45, 2.75) is 19.9 Å². The highest BCUT2D eigenvalue weighted by Gasteiger charge is 2.16. The number of benzene rings is 1. The number of nitrogens with zero attached hydrogens (tertiary/aromatic N) is 2. The summed E-state index contributed by atoms with van der Waals surface area (Å²) in [5, 5.41) is 0. The first kappa shape index (κ1) is 13.1. The molecular formula is C16H17FN2O. The van der Waals surface area contributed by atoms with Gasteiger partial charge in [0, 0.05) is 18.7 Å². The van der Waals surface area contributed by atoms with Gasteiger partial charge in [-0.2, -0.15) is 0 Å². The van der Waals surface area contributed by atoms with Crippen LogP contribution in [0.25, 0.3) is 5.57 Å². The van der Waals surface area contributed by atoms with Gasteiger partial charge in [-0.05, 0) is 25.0 Å². The van der Waals surface area contributed by atoms with Gasteiger partial charge in [0.05, 0.1) is 12.7 Å². The lowest BCUT2D eigenvalue weighted by Crippen LogP contribution is -2.28. The fraction of sp³-hybridized carbons (Fsp3) is 0.312. The monoisotopic (exact) mass is 272 g/mol. The number of aromatic nitrogens is 1. The average Bonchev–Trinajstić information content (AvgIpc) is 2.86. The molecular weight excluding hydrogens is 255 g/mol. The summed E-state index contributed by atoms with van der Waals surface area (Å²) in [6.45, 7) is 4.28. The van der Waals surface area contributed by atoms with Gasteiger partial charge in [0.15, 0.2) is 0 Å². The van der Waals surface area contributed by atoms with Crippen molar-refractivity contribution < 1.29 is 8.81 Å². The maximum absolute atomic E-state index is 13.7. The lowest BCUT2D eigenvalue weighted by Gasteiger charge is -2.25. The zero-order valence-corrected chi connectivity index (χ0v) is 11.5. The van der Waals surface area contributed by atoms with E-state index in [2.05, 4.69) is 16.0 Å². The Morgan fingerprint density at radius 1 is 1.35 bits per heavy atom. The Hall–Kier alpha value is -1.94. The Morgan fingerprint density at radius 2 is 2.20 bits per heavy atom. The van der Waals surface area contributed by atoms with Crippen LogP contribution in [0.1, 0.15) is 23.6 Å². The van der Waals surface area contributed by atoms with Crippen LogP contribution < -0.4 is 0 Å². The first-order chi connectivity index (χ1) is 9.72. The molecule has 0 saturated heterocycles. The quantitative estimate of drug-likeness (QED) is 0.857. The van der Waals surface area contributed by atoms with E-state index in [0.717, 1.165) is 42.3 Å². The van der Waals surface area contributed by atoms with Crippen molar-refractivity contribution >= 4 is 5.57 Å². The Morgan fingerprint density at radius 3 is 2.85 bits per heavy atom. The van der Waals surface area contributed by atoms with E-state index in [1.54, 1.807) is 12.3 Å². The Bertz CT molecular complexity index is 633. The second-order valence-electron chi connectivity index (χ2n) is 5.06. The van der Waals surface area contributed by atoms with Gasteiger partial charge in [-0.3, -0.25) is 4.90 Å². The van der Waals surface area contributed by atoms with Crippen molar-refractivity contribution in [2.75, 3.05) is 13.1 Å². The summed E-state index contributed by atoms with van der Waals surface area (Å²) in [6.07, 6.45) is 4.68. The molecule has 0 unspecified atom stereocenters. The minimum Gasteiger partial charge on any atom is -0.445 e. The normalized spacial score (nSPS) is 16.2. The number of oxazole rings is 1. The van der Waals surface area contributed by atoms with Crippen LogP contribution in [0.3, 0.4) is 0 Å². The van der Waals surface area contributed by atoms with Crippen molar-refractivity contribution in [3.8, 4) is 0 Å². The van der Waals surface area contributed by atoms with Gasteiger partial charge in [-0.15, -0.1) is 0 Å². The molecule has 0 bridgehead atoms. The first-order valence-corrected chi connectivity index (χ1v) is 6.80. The maximum Gasteiger partial charge on any atom is 0.208 e. The van der Waals surface area contributed by atoms with Gasteiger partial charge in [0.2, 0.25) is 5.89 Å². The highest BCUT2D eigenvalue weighted by molar-refractivity contribution is 5.66. The SMILES string of the molecule is Cc1cnc(CN2CC=C(c3ccccc3F)CC2)o1. The number of rotatable bonds is 3. The number of hydrogen-bond acceptors (Lipinski definition) is 3. The smallest absolute Gasteiger partial charge is 0.208 e. The van der Waals surface area contributed by atoms with Gasteiger partial charge in [-0.25, -0.2) is 9.37 Å². The molecule has 3 rings (SSSR count). The summed E-state index contributed by atoms with van der Waals surface area (Å²) >= 11 is 0. The molecule has 0 aliphatic carbocycles. The molecule has 0 amide bonds. The molecule has 3 nitrogen and oxygen atoms in total. The maximum atomic E-state index is 13.7. The third-order valence-corrected chi connectivity index (χ3v) is 3.54. The summed E-state index contributed by atoms with van der Waals surface area (Å²) in [5.41, 5.74) is 1.81. The van der Waals surface area contributed by atoms with Crippen LogP contribution in [-0.2, 0) is 6.54 Å². The number of aryl methyl sites for hydroxylation is 1. The summed E-state index contributed by atoms with van der Waals surface area (Å²) in [7, 11) is 0.